The number of anilines is 2. The van der Waals surface area contributed by atoms with Crippen molar-refractivity contribution in [3.8, 4) is 0 Å². The highest BCUT2D eigenvalue weighted by Gasteiger charge is 2.10. The van der Waals surface area contributed by atoms with Gasteiger partial charge in [0.1, 0.15) is 0 Å². The largest absolute Gasteiger partial charge is 0.337 e. The summed E-state index contributed by atoms with van der Waals surface area (Å²) in [5.74, 6) is 0.409. The van der Waals surface area contributed by atoms with Crippen molar-refractivity contribution in [1.29, 1.82) is 0 Å². The highest BCUT2D eigenvalue weighted by atomic mass is 35.5. The Morgan fingerprint density at radius 2 is 1.61 bits per heavy atom. The average molecular weight is 283 g/mol. The van der Waals surface area contributed by atoms with E-state index in [1.54, 1.807) is 0 Å². The van der Waals surface area contributed by atoms with Crippen molar-refractivity contribution in [2.24, 2.45) is 0 Å². The lowest BCUT2D eigenvalue weighted by Gasteiger charge is -2.13. The van der Waals surface area contributed by atoms with Gasteiger partial charge >= 0.3 is 0 Å². The molecule has 0 fully saturated rings. The first-order valence-corrected chi connectivity index (χ1v) is 6.13. The van der Waals surface area contributed by atoms with Crippen molar-refractivity contribution < 1.29 is 0 Å². The lowest BCUT2D eigenvalue weighted by Crippen LogP contribution is -2.02. The SMILES string of the molecule is Cc1cc(C)c(Nc2nc(Cl)nnc2Cl)c(C)c1. The Morgan fingerprint density at radius 1 is 1.00 bits per heavy atom. The zero-order chi connectivity index (χ0) is 13.3. The van der Waals surface area contributed by atoms with Gasteiger partial charge in [-0.2, -0.15) is 4.98 Å². The minimum absolute atomic E-state index is 0.0596. The summed E-state index contributed by atoms with van der Waals surface area (Å²) in [6.45, 7) is 6.10. The summed E-state index contributed by atoms with van der Waals surface area (Å²) in [6.07, 6.45) is 0. The van der Waals surface area contributed by atoms with Gasteiger partial charge in [0.05, 0.1) is 0 Å². The summed E-state index contributed by atoms with van der Waals surface area (Å²) in [5, 5.41) is 10.7. The molecule has 94 valence electrons. The van der Waals surface area contributed by atoms with Gasteiger partial charge in [0.15, 0.2) is 11.0 Å². The fourth-order valence-electron chi connectivity index (χ4n) is 1.87. The third kappa shape index (κ3) is 2.71. The fourth-order valence-corrected chi connectivity index (χ4v) is 2.12. The summed E-state index contributed by atoms with van der Waals surface area (Å²) < 4.78 is 0. The third-order valence-corrected chi connectivity index (χ3v) is 2.95. The number of rotatable bonds is 2. The summed E-state index contributed by atoms with van der Waals surface area (Å²) in [5.41, 5.74) is 4.39. The summed E-state index contributed by atoms with van der Waals surface area (Å²) in [6, 6.07) is 4.17. The highest BCUT2D eigenvalue weighted by Crippen LogP contribution is 2.27. The molecular weight excluding hydrogens is 271 g/mol. The number of aromatic nitrogens is 3. The number of nitrogens with zero attached hydrogens (tertiary/aromatic N) is 3. The predicted molar refractivity (Wildman–Crippen MR) is 73.8 cm³/mol. The zero-order valence-electron chi connectivity index (χ0n) is 10.3. The number of aryl methyl sites for hydroxylation is 3. The van der Waals surface area contributed by atoms with Gasteiger partial charge in [0.2, 0.25) is 5.28 Å². The van der Waals surface area contributed by atoms with Gasteiger partial charge in [-0.15, -0.1) is 10.2 Å². The van der Waals surface area contributed by atoms with Crippen LogP contribution in [0, 0.1) is 20.8 Å². The molecule has 0 spiro atoms. The van der Waals surface area contributed by atoms with Gasteiger partial charge in [-0.05, 0) is 43.5 Å². The van der Waals surface area contributed by atoms with E-state index in [1.807, 2.05) is 13.8 Å². The van der Waals surface area contributed by atoms with Crippen LogP contribution in [0.15, 0.2) is 12.1 Å². The number of benzene rings is 1. The van der Waals surface area contributed by atoms with Crippen molar-refractivity contribution in [3.63, 3.8) is 0 Å². The van der Waals surface area contributed by atoms with Crippen LogP contribution in [0.2, 0.25) is 10.4 Å². The monoisotopic (exact) mass is 282 g/mol. The molecule has 2 rings (SSSR count). The van der Waals surface area contributed by atoms with Gasteiger partial charge in [0.25, 0.3) is 0 Å². The molecule has 0 saturated heterocycles. The fraction of sp³-hybridized carbons (Fsp3) is 0.250. The van der Waals surface area contributed by atoms with Crippen molar-refractivity contribution in [2.45, 2.75) is 20.8 Å². The summed E-state index contributed by atoms with van der Waals surface area (Å²) >= 11 is 11.6. The van der Waals surface area contributed by atoms with E-state index in [4.69, 9.17) is 23.2 Å². The zero-order valence-corrected chi connectivity index (χ0v) is 11.8. The van der Waals surface area contributed by atoms with Crippen LogP contribution in [-0.4, -0.2) is 15.2 Å². The summed E-state index contributed by atoms with van der Waals surface area (Å²) in [7, 11) is 0. The first kappa shape index (κ1) is 13.1. The smallest absolute Gasteiger partial charge is 0.245 e. The lowest BCUT2D eigenvalue weighted by atomic mass is 10.1. The quantitative estimate of drug-likeness (QED) is 0.909. The van der Waals surface area contributed by atoms with Crippen LogP contribution in [0.5, 0.6) is 0 Å². The molecule has 1 heterocycles. The van der Waals surface area contributed by atoms with Crippen molar-refractivity contribution in [1.82, 2.24) is 15.2 Å². The number of nitrogens with one attached hydrogen (secondary N) is 1. The Bertz CT molecular complexity index is 576. The molecule has 0 amide bonds. The molecule has 0 bridgehead atoms. The molecule has 0 unspecified atom stereocenters. The van der Waals surface area contributed by atoms with Crippen LogP contribution in [0.25, 0.3) is 0 Å². The molecule has 1 N–H and O–H groups in total. The van der Waals surface area contributed by atoms with Crippen molar-refractivity contribution in [3.05, 3.63) is 39.3 Å². The van der Waals surface area contributed by atoms with Crippen LogP contribution in [0.3, 0.4) is 0 Å². The number of hydrogen-bond donors (Lipinski definition) is 1. The molecule has 0 aliphatic carbocycles. The van der Waals surface area contributed by atoms with E-state index in [2.05, 4.69) is 39.6 Å². The molecule has 0 radical (unpaired) electrons. The first-order chi connectivity index (χ1) is 8.47. The maximum Gasteiger partial charge on any atom is 0.245 e. The maximum atomic E-state index is 5.92. The molecular formula is C12H12Cl2N4. The maximum absolute atomic E-state index is 5.92. The van der Waals surface area contributed by atoms with Gasteiger partial charge in [-0.1, -0.05) is 29.3 Å². The van der Waals surface area contributed by atoms with E-state index in [9.17, 15) is 0 Å². The topological polar surface area (TPSA) is 50.7 Å². The molecule has 6 heteroatoms. The Morgan fingerprint density at radius 3 is 2.22 bits per heavy atom. The lowest BCUT2D eigenvalue weighted by molar-refractivity contribution is 0.974. The molecule has 0 atom stereocenters. The first-order valence-electron chi connectivity index (χ1n) is 5.38. The van der Waals surface area contributed by atoms with Gasteiger partial charge < -0.3 is 5.32 Å². The second kappa shape index (κ2) is 5.08. The van der Waals surface area contributed by atoms with Crippen LogP contribution in [-0.2, 0) is 0 Å². The highest BCUT2D eigenvalue weighted by molar-refractivity contribution is 6.32. The second-order valence-corrected chi connectivity index (χ2v) is 4.82. The summed E-state index contributed by atoms with van der Waals surface area (Å²) in [4.78, 5) is 4.02. The Labute approximate surface area is 115 Å². The van der Waals surface area contributed by atoms with E-state index in [0.29, 0.717) is 5.82 Å². The molecule has 0 aliphatic rings. The van der Waals surface area contributed by atoms with Crippen LogP contribution in [0.4, 0.5) is 11.5 Å². The van der Waals surface area contributed by atoms with E-state index < -0.39 is 0 Å². The standard InChI is InChI=1S/C12H12Cl2N4/c1-6-4-7(2)9(8(3)5-6)15-11-10(13)17-18-12(14)16-11/h4-5H,1-3H3,(H,15,16,18). The second-order valence-electron chi connectivity index (χ2n) is 4.12. The van der Waals surface area contributed by atoms with Gasteiger partial charge in [-0.25, -0.2) is 0 Å². The molecule has 2 aromatic rings. The minimum Gasteiger partial charge on any atom is -0.337 e. The number of hydrogen-bond acceptors (Lipinski definition) is 4. The Balaban J connectivity index is 2.43. The number of halogens is 2. The van der Waals surface area contributed by atoms with Crippen LogP contribution in [0.1, 0.15) is 16.7 Å². The van der Waals surface area contributed by atoms with Crippen molar-refractivity contribution >= 4 is 34.7 Å². The third-order valence-electron chi connectivity index (χ3n) is 2.54. The van der Waals surface area contributed by atoms with E-state index in [-0.39, 0.29) is 10.4 Å². The molecule has 4 nitrogen and oxygen atoms in total. The molecule has 0 aliphatic heterocycles. The van der Waals surface area contributed by atoms with Crippen LogP contribution < -0.4 is 5.32 Å². The van der Waals surface area contributed by atoms with E-state index in [1.165, 1.54) is 5.56 Å². The normalized spacial score (nSPS) is 10.5. The molecule has 18 heavy (non-hydrogen) atoms. The molecule has 0 saturated carbocycles. The Hall–Kier alpha value is -1.39. The minimum atomic E-state index is 0.0596. The Kier molecular flexibility index (Phi) is 3.68. The van der Waals surface area contributed by atoms with Crippen LogP contribution >= 0.6 is 23.2 Å². The van der Waals surface area contributed by atoms with Gasteiger partial charge in [-0.3, -0.25) is 0 Å². The predicted octanol–water partition coefficient (Wildman–Crippen LogP) is 3.85. The molecule has 1 aromatic heterocycles. The average Bonchev–Trinajstić information content (AvgIpc) is 2.28. The van der Waals surface area contributed by atoms with E-state index >= 15 is 0 Å². The van der Waals surface area contributed by atoms with E-state index in [0.717, 1.165) is 16.8 Å². The molecule has 1 aromatic carbocycles. The van der Waals surface area contributed by atoms with Gasteiger partial charge in [0, 0.05) is 5.69 Å². The van der Waals surface area contributed by atoms with Crippen molar-refractivity contribution in [2.75, 3.05) is 5.32 Å².